The van der Waals surface area contributed by atoms with E-state index >= 15 is 0 Å². The first-order valence-electron chi connectivity index (χ1n) is 16.5. The van der Waals surface area contributed by atoms with Crippen LogP contribution in [0.3, 0.4) is 0 Å². The van der Waals surface area contributed by atoms with Gasteiger partial charge in [0.15, 0.2) is 0 Å². The van der Waals surface area contributed by atoms with Crippen molar-refractivity contribution in [2.45, 2.75) is 65.5 Å². The minimum Gasteiger partial charge on any atom is -0.457 e. The first-order valence-corrected chi connectivity index (χ1v) is 16.5. The molecule has 4 aromatic carbocycles. The topological polar surface area (TPSA) is 138 Å². The van der Waals surface area contributed by atoms with Crippen LogP contribution in [0.4, 0.5) is 0 Å². The Morgan fingerprint density at radius 1 is 0.596 bits per heavy atom. The lowest BCUT2D eigenvalue weighted by molar-refractivity contribution is 0.483. The molecule has 0 unspecified atom stereocenters. The third-order valence-electron chi connectivity index (χ3n) is 8.70. The second kappa shape index (κ2) is 13.9. The second-order valence-electron chi connectivity index (χ2n) is 11.9. The number of hydrogen-bond donors (Lipinski definition) is 6. The van der Waals surface area contributed by atoms with Crippen LogP contribution in [0.2, 0.25) is 0 Å². The van der Waals surface area contributed by atoms with Gasteiger partial charge in [-0.15, -0.1) is 0 Å². The van der Waals surface area contributed by atoms with Crippen LogP contribution in [0.5, 0.6) is 11.5 Å². The van der Waals surface area contributed by atoms with Crippen molar-refractivity contribution in [1.82, 2.24) is 30.6 Å². The van der Waals surface area contributed by atoms with Gasteiger partial charge in [0.2, 0.25) is 0 Å². The molecule has 0 spiro atoms. The largest absolute Gasteiger partial charge is 0.457 e. The number of amidine groups is 2. The Balaban J connectivity index is 1.11. The zero-order valence-electron chi connectivity index (χ0n) is 27.4. The smallest absolute Gasteiger partial charge is 0.138 e. The zero-order valence-corrected chi connectivity index (χ0v) is 27.4. The molecule has 6 aromatic rings. The Kier molecular flexibility index (Phi) is 9.33. The summed E-state index contributed by atoms with van der Waals surface area (Å²) < 4.78 is 6.14. The standard InChI is InChI=1S/C38H42N8O/c1-5-27(6-2)41-35(39)25-13-19-31-33(21-25)45-37(43-31)23-9-15-29(16-10-23)47-30-17-11-24(12-18-30)38-44-32-20-14-26(22-34(32)46-38)36(40)42-28(7-3)8-4/h9-22,27-28H,5-8H2,1-4H3,(H2,39,41)(H2,40,42)(H,43,45)(H,44,46). The van der Waals surface area contributed by atoms with Crippen molar-refractivity contribution in [1.29, 1.82) is 10.8 Å². The fourth-order valence-electron chi connectivity index (χ4n) is 5.66. The molecule has 2 aromatic heterocycles. The molecule has 47 heavy (non-hydrogen) atoms. The van der Waals surface area contributed by atoms with Crippen LogP contribution >= 0.6 is 0 Å². The SMILES string of the molecule is CCC(CC)NC(=N)c1ccc2nc(-c3ccc(Oc4ccc(-c5nc6ccc(C(=N)NC(CC)CC)cc6[nH]5)cc4)cc3)[nH]c2c1. The van der Waals surface area contributed by atoms with Crippen LogP contribution in [-0.2, 0) is 0 Å². The number of fused-ring (bicyclic) bond motifs is 2. The summed E-state index contributed by atoms with van der Waals surface area (Å²) in [4.78, 5) is 16.4. The van der Waals surface area contributed by atoms with Crippen LogP contribution in [0, 0.1) is 10.8 Å². The van der Waals surface area contributed by atoms with Gasteiger partial charge in [0.1, 0.15) is 34.8 Å². The highest BCUT2D eigenvalue weighted by Crippen LogP contribution is 2.29. The van der Waals surface area contributed by atoms with Gasteiger partial charge in [0.05, 0.1) is 22.1 Å². The van der Waals surface area contributed by atoms with E-state index in [0.29, 0.717) is 23.8 Å². The molecule has 0 saturated heterocycles. The van der Waals surface area contributed by atoms with Gasteiger partial charge in [-0.3, -0.25) is 10.8 Å². The number of ether oxygens (including phenoxy) is 1. The van der Waals surface area contributed by atoms with Gasteiger partial charge in [-0.2, -0.15) is 0 Å². The minimum absolute atomic E-state index is 0.296. The third kappa shape index (κ3) is 7.04. The van der Waals surface area contributed by atoms with Gasteiger partial charge in [0.25, 0.3) is 0 Å². The van der Waals surface area contributed by atoms with Crippen molar-refractivity contribution in [2.24, 2.45) is 0 Å². The normalized spacial score (nSPS) is 11.4. The predicted octanol–water partition coefficient (Wildman–Crippen LogP) is 8.77. The van der Waals surface area contributed by atoms with E-state index < -0.39 is 0 Å². The second-order valence-corrected chi connectivity index (χ2v) is 11.9. The lowest BCUT2D eigenvalue weighted by Crippen LogP contribution is -2.33. The van der Waals surface area contributed by atoms with E-state index in [0.717, 1.165) is 93.2 Å². The van der Waals surface area contributed by atoms with Crippen molar-refractivity contribution in [3.05, 3.63) is 96.1 Å². The molecule has 9 nitrogen and oxygen atoms in total. The van der Waals surface area contributed by atoms with Crippen molar-refractivity contribution in [3.8, 4) is 34.3 Å². The van der Waals surface area contributed by atoms with Gasteiger partial charge in [-0.1, -0.05) is 27.7 Å². The van der Waals surface area contributed by atoms with Crippen molar-refractivity contribution >= 4 is 33.7 Å². The highest BCUT2D eigenvalue weighted by molar-refractivity contribution is 6.00. The predicted molar refractivity (Wildman–Crippen MR) is 192 cm³/mol. The van der Waals surface area contributed by atoms with Gasteiger partial charge in [-0.05, 0) is 111 Å². The van der Waals surface area contributed by atoms with Crippen molar-refractivity contribution < 1.29 is 4.74 Å². The fourth-order valence-corrected chi connectivity index (χ4v) is 5.66. The van der Waals surface area contributed by atoms with E-state index in [9.17, 15) is 0 Å². The van der Waals surface area contributed by atoms with E-state index in [1.807, 2.05) is 84.9 Å². The Labute approximate surface area is 275 Å². The van der Waals surface area contributed by atoms with E-state index in [1.54, 1.807) is 0 Å². The van der Waals surface area contributed by atoms with Crippen LogP contribution in [0.1, 0.15) is 64.5 Å². The summed E-state index contributed by atoms with van der Waals surface area (Å²) >= 11 is 0. The molecular formula is C38H42N8O. The molecule has 0 radical (unpaired) electrons. The lowest BCUT2D eigenvalue weighted by Gasteiger charge is -2.16. The summed E-state index contributed by atoms with van der Waals surface area (Å²) in [5.41, 5.74) is 7.09. The molecule has 240 valence electrons. The van der Waals surface area contributed by atoms with Gasteiger partial charge in [0, 0.05) is 34.3 Å². The maximum Gasteiger partial charge on any atom is 0.138 e. The van der Waals surface area contributed by atoms with Crippen molar-refractivity contribution in [2.75, 3.05) is 0 Å². The zero-order chi connectivity index (χ0) is 32.9. The van der Waals surface area contributed by atoms with Gasteiger partial charge >= 0.3 is 0 Å². The molecule has 0 amide bonds. The molecule has 9 heteroatoms. The molecule has 0 atom stereocenters. The average Bonchev–Trinajstić information content (AvgIpc) is 3.74. The Bertz CT molecular complexity index is 1850. The molecule has 0 aliphatic heterocycles. The van der Waals surface area contributed by atoms with E-state index in [1.165, 1.54) is 0 Å². The number of hydrogen-bond acceptors (Lipinski definition) is 5. The first-order chi connectivity index (χ1) is 22.9. The first kappa shape index (κ1) is 31.5. The number of H-pyrrole nitrogens is 2. The quantitative estimate of drug-likeness (QED) is 0.0596. The number of imidazole rings is 2. The molecule has 6 N–H and O–H groups in total. The Morgan fingerprint density at radius 3 is 1.34 bits per heavy atom. The van der Waals surface area contributed by atoms with Crippen LogP contribution in [-0.4, -0.2) is 43.7 Å². The fraction of sp³-hybridized carbons (Fsp3) is 0.263. The highest BCUT2D eigenvalue weighted by Gasteiger charge is 2.13. The molecule has 0 aliphatic rings. The maximum absolute atomic E-state index is 8.48. The van der Waals surface area contributed by atoms with Crippen LogP contribution < -0.4 is 15.4 Å². The highest BCUT2D eigenvalue weighted by atomic mass is 16.5. The van der Waals surface area contributed by atoms with Crippen LogP contribution in [0.15, 0.2) is 84.9 Å². The maximum atomic E-state index is 8.48. The van der Waals surface area contributed by atoms with Crippen molar-refractivity contribution in [3.63, 3.8) is 0 Å². The molecule has 0 saturated carbocycles. The molecule has 0 fully saturated rings. The van der Waals surface area contributed by atoms with E-state index in [-0.39, 0.29) is 0 Å². The van der Waals surface area contributed by atoms with E-state index in [4.69, 9.17) is 25.5 Å². The van der Waals surface area contributed by atoms with Gasteiger partial charge in [-0.25, -0.2) is 9.97 Å². The number of aromatic amines is 2. The minimum atomic E-state index is 0.296. The third-order valence-corrected chi connectivity index (χ3v) is 8.70. The Hall–Kier alpha value is -5.44. The molecular weight excluding hydrogens is 584 g/mol. The average molecular weight is 627 g/mol. The molecule has 6 rings (SSSR count). The molecule has 0 aliphatic carbocycles. The monoisotopic (exact) mass is 626 g/mol. The summed E-state index contributed by atoms with van der Waals surface area (Å²) in [6.07, 6.45) is 3.92. The summed E-state index contributed by atoms with van der Waals surface area (Å²) in [5.74, 6) is 3.85. The number of nitrogens with zero attached hydrogens (tertiary/aromatic N) is 2. The summed E-state index contributed by atoms with van der Waals surface area (Å²) in [5, 5.41) is 23.6. The number of benzene rings is 4. The number of rotatable bonds is 12. The van der Waals surface area contributed by atoms with E-state index in [2.05, 4.69) is 48.3 Å². The van der Waals surface area contributed by atoms with Gasteiger partial charge < -0.3 is 25.3 Å². The summed E-state index contributed by atoms with van der Waals surface area (Å²) in [6, 6.07) is 28.0. The summed E-state index contributed by atoms with van der Waals surface area (Å²) in [6.45, 7) is 8.53. The number of aromatic nitrogens is 4. The lowest BCUT2D eigenvalue weighted by atomic mass is 10.1. The Morgan fingerprint density at radius 2 is 0.979 bits per heavy atom. The molecule has 2 heterocycles. The summed E-state index contributed by atoms with van der Waals surface area (Å²) in [7, 11) is 0. The number of nitrogens with one attached hydrogen (secondary N) is 6. The van der Waals surface area contributed by atoms with Crippen LogP contribution in [0.25, 0.3) is 44.8 Å². The molecule has 0 bridgehead atoms.